The Bertz CT molecular complexity index is 797. The highest BCUT2D eigenvalue weighted by atomic mass is 35.5. The van der Waals surface area contributed by atoms with E-state index in [1.807, 2.05) is 30.3 Å². The van der Waals surface area contributed by atoms with Crippen LogP contribution >= 0.6 is 11.6 Å². The summed E-state index contributed by atoms with van der Waals surface area (Å²) in [5, 5.41) is 3.18. The number of rotatable bonds is 5. The lowest BCUT2D eigenvalue weighted by atomic mass is 10.1. The lowest BCUT2D eigenvalue weighted by Gasteiger charge is -2.34. The summed E-state index contributed by atoms with van der Waals surface area (Å²) >= 11 is 6.09. The molecule has 0 radical (unpaired) electrons. The first-order chi connectivity index (χ1) is 12.6. The van der Waals surface area contributed by atoms with Gasteiger partial charge >= 0.3 is 0 Å². The van der Waals surface area contributed by atoms with Crippen molar-refractivity contribution in [2.24, 2.45) is 0 Å². The van der Waals surface area contributed by atoms with E-state index in [0.29, 0.717) is 23.0 Å². The number of ether oxygens (including phenoxy) is 2. The molecule has 0 aliphatic carbocycles. The van der Waals surface area contributed by atoms with E-state index in [9.17, 15) is 9.59 Å². The fraction of sp³-hybridized carbons (Fsp3) is 0.263. The number of carbonyl (C=O) groups is 2. The molecule has 1 atom stereocenters. The molecule has 6 nitrogen and oxygen atoms in total. The Labute approximate surface area is 156 Å². The van der Waals surface area contributed by atoms with Gasteiger partial charge in [0.1, 0.15) is 18.4 Å². The van der Waals surface area contributed by atoms with Crippen LogP contribution in [0.5, 0.6) is 5.75 Å². The standard InChI is InChI=1S/C19H19ClN2O4/c1-25-17-8-7-14(9-15(17)20)21-19(24)16-11-26-12-18(23)22(16)10-13-5-3-2-4-6-13/h2-9,16H,10-12H2,1H3,(H,21,24)/t16-/m1/s1. The molecule has 2 amide bonds. The number of benzene rings is 2. The maximum Gasteiger partial charge on any atom is 0.249 e. The van der Waals surface area contributed by atoms with Crippen molar-refractivity contribution in [2.45, 2.75) is 12.6 Å². The second-order valence-electron chi connectivity index (χ2n) is 5.88. The molecule has 1 saturated heterocycles. The van der Waals surface area contributed by atoms with Crippen LogP contribution in [0.25, 0.3) is 0 Å². The van der Waals surface area contributed by atoms with Crippen LogP contribution in [0.15, 0.2) is 48.5 Å². The van der Waals surface area contributed by atoms with E-state index in [-0.39, 0.29) is 25.0 Å². The zero-order valence-electron chi connectivity index (χ0n) is 14.3. The summed E-state index contributed by atoms with van der Waals surface area (Å²) in [4.78, 5) is 26.5. The van der Waals surface area contributed by atoms with Gasteiger partial charge in [-0.05, 0) is 23.8 Å². The topological polar surface area (TPSA) is 67.9 Å². The van der Waals surface area contributed by atoms with Crippen LogP contribution in [0.1, 0.15) is 5.56 Å². The number of amides is 2. The third-order valence-electron chi connectivity index (χ3n) is 4.12. The summed E-state index contributed by atoms with van der Waals surface area (Å²) < 4.78 is 10.4. The molecule has 136 valence electrons. The number of nitrogens with zero attached hydrogens (tertiary/aromatic N) is 1. The lowest BCUT2D eigenvalue weighted by Crippen LogP contribution is -2.54. The average molecular weight is 375 g/mol. The molecule has 1 fully saturated rings. The second kappa shape index (κ2) is 8.21. The Hall–Kier alpha value is -2.57. The monoisotopic (exact) mass is 374 g/mol. The van der Waals surface area contributed by atoms with Crippen molar-refractivity contribution in [3.8, 4) is 5.75 Å². The fourth-order valence-corrected chi connectivity index (χ4v) is 3.03. The Morgan fingerprint density at radius 1 is 1.31 bits per heavy atom. The molecule has 3 rings (SSSR count). The summed E-state index contributed by atoms with van der Waals surface area (Å²) in [6, 6.07) is 13.8. The first kappa shape index (κ1) is 18.2. The van der Waals surface area contributed by atoms with Gasteiger partial charge in [-0.1, -0.05) is 41.9 Å². The third kappa shape index (κ3) is 4.15. The Balaban J connectivity index is 1.75. The minimum Gasteiger partial charge on any atom is -0.495 e. The second-order valence-corrected chi connectivity index (χ2v) is 6.28. The zero-order valence-corrected chi connectivity index (χ0v) is 15.0. The lowest BCUT2D eigenvalue weighted by molar-refractivity contribution is -0.154. The van der Waals surface area contributed by atoms with E-state index in [1.165, 1.54) is 7.11 Å². The molecule has 1 heterocycles. The van der Waals surface area contributed by atoms with Gasteiger partial charge in [-0.3, -0.25) is 9.59 Å². The van der Waals surface area contributed by atoms with Crippen LogP contribution in [-0.4, -0.2) is 43.1 Å². The van der Waals surface area contributed by atoms with E-state index in [2.05, 4.69) is 5.32 Å². The summed E-state index contributed by atoms with van der Waals surface area (Å²) in [5.41, 5.74) is 1.48. The van der Waals surface area contributed by atoms with E-state index in [0.717, 1.165) is 5.56 Å². The van der Waals surface area contributed by atoms with Gasteiger partial charge in [0.15, 0.2) is 0 Å². The van der Waals surface area contributed by atoms with Gasteiger partial charge in [0.2, 0.25) is 11.8 Å². The molecule has 0 aromatic heterocycles. The van der Waals surface area contributed by atoms with Crippen molar-refractivity contribution < 1.29 is 19.1 Å². The number of nitrogens with one attached hydrogen (secondary N) is 1. The molecule has 0 spiro atoms. The molecule has 0 saturated carbocycles. The number of anilines is 1. The van der Waals surface area contributed by atoms with Gasteiger partial charge in [0.05, 0.1) is 18.7 Å². The highest BCUT2D eigenvalue weighted by molar-refractivity contribution is 6.32. The van der Waals surface area contributed by atoms with E-state index in [1.54, 1.807) is 23.1 Å². The van der Waals surface area contributed by atoms with Crippen LogP contribution in [0, 0.1) is 0 Å². The Morgan fingerprint density at radius 3 is 2.77 bits per heavy atom. The molecule has 1 N–H and O–H groups in total. The first-order valence-corrected chi connectivity index (χ1v) is 8.52. The molecule has 2 aromatic carbocycles. The smallest absolute Gasteiger partial charge is 0.249 e. The van der Waals surface area contributed by atoms with Gasteiger partial charge in [-0.25, -0.2) is 0 Å². The Kier molecular flexibility index (Phi) is 5.75. The van der Waals surface area contributed by atoms with E-state index < -0.39 is 6.04 Å². The maximum atomic E-state index is 12.7. The van der Waals surface area contributed by atoms with Gasteiger partial charge < -0.3 is 19.7 Å². The molecular formula is C19H19ClN2O4. The summed E-state index contributed by atoms with van der Waals surface area (Å²) in [6.07, 6.45) is 0. The normalized spacial score (nSPS) is 17.1. The number of morpholine rings is 1. The van der Waals surface area contributed by atoms with Crippen molar-refractivity contribution in [3.63, 3.8) is 0 Å². The van der Waals surface area contributed by atoms with Crippen molar-refractivity contribution in [2.75, 3.05) is 25.6 Å². The van der Waals surface area contributed by atoms with Crippen LogP contribution in [0.2, 0.25) is 5.02 Å². The van der Waals surface area contributed by atoms with E-state index in [4.69, 9.17) is 21.1 Å². The quantitative estimate of drug-likeness (QED) is 0.873. The summed E-state index contributed by atoms with van der Waals surface area (Å²) in [7, 11) is 1.52. The average Bonchev–Trinajstić information content (AvgIpc) is 2.64. The minimum atomic E-state index is -0.711. The Morgan fingerprint density at radius 2 is 2.08 bits per heavy atom. The van der Waals surface area contributed by atoms with Crippen LogP contribution in [0.4, 0.5) is 5.69 Å². The van der Waals surface area contributed by atoms with Crippen molar-refractivity contribution >= 4 is 29.1 Å². The molecular weight excluding hydrogens is 356 g/mol. The minimum absolute atomic E-state index is 0.0228. The maximum absolute atomic E-state index is 12.7. The number of halogens is 1. The molecule has 0 bridgehead atoms. The number of methoxy groups -OCH3 is 1. The molecule has 0 unspecified atom stereocenters. The van der Waals surface area contributed by atoms with E-state index >= 15 is 0 Å². The summed E-state index contributed by atoms with van der Waals surface area (Å²) in [5.74, 6) is -0.0187. The summed E-state index contributed by atoms with van der Waals surface area (Å²) in [6.45, 7) is 0.476. The molecule has 1 aliphatic rings. The molecule has 7 heteroatoms. The van der Waals surface area contributed by atoms with Gasteiger partial charge in [-0.15, -0.1) is 0 Å². The largest absolute Gasteiger partial charge is 0.495 e. The number of carbonyl (C=O) groups excluding carboxylic acids is 2. The SMILES string of the molecule is COc1ccc(NC(=O)[C@H]2COCC(=O)N2Cc2ccccc2)cc1Cl. The molecule has 2 aromatic rings. The molecule has 26 heavy (non-hydrogen) atoms. The van der Waals surface area contributed by atoms with Gasteiger partial charge in [0.25, 0.3) is 0 Å². The van der Waals surface area contributed by atoms with Gasteiger partial charge in [0, 0.05) is 12.2 Å². The predicted octanol–water partition coefficient (Wildman–Crippen LogP) is 2.71. The van der Waals surface area contributed by atoms with Crippen LogP contribution in [-0.2, 0) is 20.9 Å². The number of hydrogen-bond acceptors (Lipinski definition) is 4. The fourth-order valence-electron chi connectivity index (χ4n) is 2.77. The predicted molar refractivity (Wildman–Crippen MR) is 98.2 cm³/mol. The van der Waals surface area contributed by atoms with Crippen LogP contribution < -0.4 is 10.1 Å². The van der Waals surface area contributed by atoms with Crippen molar-refractivity contribution in [3.05, 3.63) is 59.1 Å². The van der Waals surface area contributed by atoms with Crippen LogP contribution in [0.3, 0.4) is 0 Å². The number of hydrogen-bond donors (Lipinski definition) is 1. The third-order valence-corrected chi connectivity index (χ3v) is 4.41. The van der Waals surface area contributed by atoms with Gasteiger partial charge in [-0.2, -0.15) is 0 Å². The van der Waals surface area contributed by atoms with Crippen molar-refractivity contribution in [1.82, 2.24) is 4.90 Å². The highest BCUT2D eigenvalue weighted by Crippen LogP contribution is 2.27. The van der Waals surface area contributed by atoms with Crippen molar-refractivity contribution in [1.29, 1.82) is 0 Å². The molecule has 1 aliphatic heterocycles. The first-order valence-electron chi connectivity index (χ1n) is 8.14. The highest BCUT2D eigenvalue weighted by Gasteiger charge is 2.34. The zero-order chi connectivity index (χ0) is 18.5.